The molecule has 3 unspecified atom stereocenters. The highest BCUT2D eigenvalue weighted by atomic mass is 15.0. The van der Waals surface area contributed by atoms with Crippen LogP contribution in [0.15, 0.2) is 24.3 Å². The van der Waals surface area contributed by atoms with Crippen molar-refractivity contribution in [3.63, 3.8) is 0 Å². The maximum absolute atomic E-state index is 6.20. The quantitative estimate of drug-likeness (QED) is 0.798. The summed E-state index contributed by atoms with van der Waals surface area (Å²) in [6, 6.07) is 9.44. The number of rotatable bonds is 2. The molecular weight excluding hydrogens is 196 g/mol. The summed E-state index contributed by atoms with van der Waals surface area (Å²) in [7, 11) is 0. The van der Waals surface area contributed by atoms with Crippen LogP contribution in [0, 0.1) is 6.92 Å². The Morgan fingerprint density at radius 2 is 2.12 bits per heavy atom. The van der Waals surface area contributed by atoms with E-state index in [1.165, 1.54) is 11.1 Å². The van der Waals surface area contributed by atoms with E-state index in [1.807, 2.05) is 0 Å². The van der Waals surface area contributed by atoms with Gasteiger partial charge in [-0.3, -0.25) is 0 Å². The minimum atomic E-state index is 0.295. The average Bonchev–Trinajstić information content (AvgIpc) is 2.29. The van der Waals surface area contributed by atoms with Crippen molar-refractivity contribution < 1.29 is 0 Å². The lowest BCUT2D eigenvalue weighted by Gasteiger charge is -2.35. The summed E-state index contributed by atoms with van der Waals surface area (Å²) in [4.78, 5) is 0. The molecule has 88 valence electrons. The van der Waals surface area contributed by atoms with E-state index in [-0.39, 0.29) is 0 Å². The fraction of sp³-hybridized carbons (Fsp3) is 0.571. The molecule has 2 nitrogen and oxygen atoms in total. The first-order valence-electron chi connectivity index (χ1n) is 6.27. The summed E-state index contributed by atoms with van der Waals surface area (Å²) >= 11 is 0. The van der Waals surface area contributed by atoms with Crippen molar-refractivity contribution in [3.05, 3.63) is 35.4 Å². The second kappa shape index (κ2) is 4.98. The van der Waals surface area contributed by atoms with Crippen LogP contribution in [0.1, 0.15) is 36.8 Å². The minimum Gasteiger partial charge on any atom is -0.326 e. The zero-order valence-corrected chi connectivity index (χ0v) is 10.2. The van der Waals surface area contributed by atoms with E-state index in [9.17, 15) is 0 Å². The summed E-state index contributed by atoms with van der Waals surface area (Å²) in [6.07, 6.45) is 2.23. The van der Waals surface area contributed by atoms with E-state index < -0.39 is 0 Å². The zero-order valence-electron chi connectivity index (χ0n) is 10.2. The van der Waals surface area contributed by atoms with Crippen LogP contribution in [0.2, 0.25) is 0 Å². The first-order chi connectivity index (χ1) is 7.72. The molecule has 0 spiro atoms. The summed E-state index contributed by atoms with van der Waals surface area (Å²) in [6.45, 7) is 5.45. The van der Waals surface area contributed by atoms with Crippen molar-refractivity contribution in [2.24, 2.45) is 5.73 Å². The third kappa shape index (κ3) is 2.28. The van der Waals surface area contributed by atoms with Crippen molar-refractivity contribution in [3.8, 4) is 0 Å². The lowest BCUT2D eigenvalue weighted by Crippen LogP contribution is -2.51. The van der Waals surface area contributed by atoms with Gasteiger partial charge in [-0.2, -0.15) is 0 Å². The first kappa shape index (κ1) is 11.6. The van der Waals surface area contributed by atoms with Gasteiger partial charge in [-0.25, -0.2) is 0 Å². The lowest BCUT2D eigenvalue weighted by molar-refractivity contribution is 0.314. The van der Waals surface area contributed by atoms with Gasteiger partial charge in [-0.05, 0) is 36.8 Å². The van der Waals surface area contributed by atoms with E-state index in [0.29, 0.717) is 18.0 Å². The van der Waals surface area contributed by atoms with Gasteiger partial charge in [-0.1, -0.05) is 31.2 Å². The summed E-state index contributed by atoms with van der Waals surface area (Å²) in [5.74, 6) is 0.582. The predicted octanol–water partition coefficient (Wildman–Crippen LogP) is 2.18. The van der Waals surface area contributed by atoms with Crippen LogP contribution in [0.25, 0.3) is 0 Å². The molecule has 16 heavy (non-hydrogen) atoms. The van der Waals surface area contributed by atoms with E-state index in [0.717, 1.165) is 19.4 Å². The van der Waals surface area contributed by atoms with Gasteiger partial charge < -0.3 is 11.1 Å². The third-order valence-electron chi connectivity index (χ3n) is 3.77. The van der Waals surface area contributed by atoms with Crippen molar-refractivity contribution in [2.45, 2.75) is 44.7 Å². The van der Waals surface area contributed by atoms with Gasteiger partial charge in [0.25, 0.3) is 0 Å². The number of benzene rings is 1. The van der Waals surface area contributed by atoms with Gasteiger partial charge in [0.05, 0.1) is 0 Å². The summed E-state index contributed by atoms with van der Waals surface area (Å²) in [5, 5.41) is 3.57. The molecule has 3 N–H and O–H groups in total. The molecule has 1 aliphatic rings. The van der Waals surface area contributed by atoms with Crippen LogP contribution in [0.5, 0.6) is 0 Å². The molecule has 1 aliphatic heterocycles. The lowest BCUT2D eigenvalue weighted by atomic mass is 9.83. The number of nitrogens with two attached hydrogens (primary N) is 1. The Morgan fingerprint density at radius 1 is 1.38 bits per heavy atom. The Bertz CT molecular complexity index is 348. The number of hydrogen-bond donors (Lipinski definition) is 2. The van der Waals surface area contributed by atoms with Gasteiger partial charge in [0, 0.05) is 18.6 Å². The van der Waals surface area contributed by atoms with Gasteiger partial charge in [-0.15, -0.1) is 0 Å². The SMILES string of the molecule is CCC1NCC(c2ccccc2C)CC1N. The summed E-state index contributed by atoms with van der Waals surface area (Å²) < 4.78 is 0. The fourth-order valence-corrected chi connectivity index (χ4v) is 2.75. The Kier molecular flexibility index (Phi) is 3.62. The van der Waals surface area contributed by atoms with Crippen molar-refractivity contribution >= 4 is 0 Å². The molecule has 3 atom stereocenters. The molecule has 0 amide bonds. The summed E-state index contributed by atoms with van der Waals surface area (Å²) in [5.41, 5.74) is 9.05. The fourth-order valence-electron chi connectivity index (χ4n) is 2.75. The maximum atomic E-state index is 6.20. The van der Waals surface area contributed by atoms with Crippen LogP contribution < -0.4 is 11.1 Å². The largest absolute Gasteiger partial charge is 0.326 e. The monoisotopic (exact) mass is 218 g/mol. The van der Waals surface area contributed by atoms with Crippen LogP contribution in [-0.2, 0) is 0 Å². The second-order valence-electron chi connectivity index (χ2n) is 4.88. The minimum absolute atomic E-state index is 0.295. The maximum Gasteiger partial charge on any atom is 0.0216 e. The molecule has 0 aliphatic carbocycles. The first-order valence-corrected chi connectivity index (χ1v) is 6.27. The molecule has 0 saturated carbocycles. The van der Waals surface area contributed by atoms with Crippen molar-refractivity contribution in [1.82, 2.24) is 5.32 Å². The van der Waals surface area contributed by atoms with E-state index >= 15 is 0 Å². The van der Waals surface area contributed by atoms with Crippen LogP contribution >= 0.6 is 0 Å². The molecule has 2 heteroatoms. The molecule has 1 aromatic rings. The smallest absolute Gasteiger partial charge is 0.0216 e. The molecule has 1 saturated heterocycles. The highest BCUT2D eigenvalue weighted by Crippen LogP contribution is 2.27. The molecule has 0 radical (unpaired) electrons. The average molecular weight is 218 g/mol. The highest BCUT2D eigenvalue weighted by Gasteiger charge is 2.27. The molecule has 0 aromatic heterocycles. The van der Waals surface area contributed by atoms with Crippen LogP contribution in [0.3, 0.4) is 0 Å². The van der Waals surface area contributed by atoms with Crippen LogP contribution in [-0.4, -0.2) is 18.6 Å². The Hall–Kier alpha value is -0.860. The van der Waals surface area contributed by atoms with E-state index in [4.69, 9.17) is 5.73 Å². The van der Waals surface area contributed by atoms with Crippen molar-refractivity contribution in [2.75, 3.05) is 6.54 Å². The molecular formula is C14H22N2. The molecule has 0 bridgehead atoms. The number of piperidine rings is 1. The van der Waals surface area contributed by atoms with Crippen molar-refractivity contribution in [1.29, 1.82) is 0 Å². The predicted molar refractivity (Wildman–Crippen MR) is 68.6 cm³/mol. The topological polar surface area (TPSA) is 38.0 Å². The molecule has 1 aromatic carbocycles. The normalized spacial score (nSPS) is 30.3. The second-order valence-corrected chi connectivity index (χ2v) is 4.88. The zero-order chi connectivity index (χ0) is 11.5. The molecule has 2 rings (SSSR count). The van der Waals surface area contributed by atoms with Crippen LogP contribution in [0.4, 0.5) is 0 Å². The van der Waals surface area contributed by atoms with E-state index in [2.05, 4.69) is 43.4 Å². The molecule has 1 heterocycles. The van der Waals surface area contributed by atoms with Gasteiger partial charge in [0.1, 0.15) is 0 Å². The Balaban J connectivity index is 2.11. The van der Waals surface area contributed by atoms with Gasteiger partial charge in [0.15, 0.2) is 0 Å². The number of nitrogens with one attached hydrogen (secondary N) is 1. The third-order valence-corrected chi connectivity index (χ3v) is 3.77. The van der Waals surface area contributed by atoms with Gasteiger partial charge >= 0.3 is 0 Å². The number of hydrogen-bond acceptors (Lipinski definition) is 2. The standard InChI is InChI=1S/C14H22N2/c1-3-14-13(15)8-11(9-16-14)12-7-5-4-6-10(12)2/h4-7,11,13-14,16H,3,8-9,15H2,1-2H3. The van der Waals surface area contributed by atoms with E-state index in [1.54, 1.807) is 0 Å². The Labute approximate surface area is 98.2 Å². The highest BCUT2D eigenvalue weighted by molar-refractivity contribution is 5.30. The Morgan fingerprint density at radius 3 is 2.75 bits per heavy atom. The molecule has 1 fully saturated rings. The number of aryl methyl sites for hydroxylation is 1. The van der Waals surface area contributed by atoms with Gasteiger partial charge in [0.2, 0.25) is 0 Å².